The van der Waals surface area contributed by atoms with Gasteiger partial charge in [0, 0.05) is 12.6 Å². The SMILES string of the molecule is CCn1nc(C)c2[nH]c(=S)n(CC(=O)NC(C)C)c21. The first-order chi connectivity index (χ1) is 8.93. The van der Waals surface area contributed by atoms with E-state index in [0.717, 1.165) is 23.4 Å². The number of fused-ring (bicyclic) bond motifs is 1. The van der Waals surface area contributed by atoms with Crippen molar-refractivity contribution in [3.63, 3.8) is 0 Å². The minimum atomic E-state index is -0.0477. The lowest BCUT2D eigenvalue weighted by Gasteiger charge is -2.09. The number of aryl methyl sites for hydroxylation is 2. The third-order valence-corrected chi connectivity index (χ3v) is 3.21. The van der Waals surface area contributed by atoms with Gasteiger partial charge in [0.05, 0.1) is 5.69 Å². The first-order valence-electron chi connectivity index (χ1n) is 6.39. The highest BCUT2D eigenvalue weighted by atomic mass is 32.1. The van der Waals surface area contributed by atoms with Crippen LogP contribution >= 0.6 is 12.2 Å². The summed E-state index contributed by atoms with van der Waals surface area (Å²) in [5, 5.41) is 7.29. The molecule has 0 aliphatic heterocycles. The van der Waals surface area contributed by atoms with Gasteiger partial charge in [-0.15, -0.1) is 0 Å². The van der Waals surface area contributed by atoms with Crippen molar-refractivity contribution in [3.8, 4) is 0 Å². The molecule has 19 heavy (non-hydrogen) atoms. The van der Waals surface area contributed by atoms with Crippen molar-refractivity contribution in [2.45, 2.75) is 46.8 Å². The zero-order valence-electron chi connectivity index (χ0n) is 11.6. The predicted octanol–water partition coefficient (Wildman–Crippen LogP) is 1.75. The van der Waals surface area contributed by atoms with Gasteiger partial charge in [-0.1, -0.05) is 0 Å². The average molecular weight is 281 g/mol. The minimum Gasteiger partial charge on any atom is -0.352 e. The quantitative estimate of drug-likeness (QED) is 0.839. The summed E-state index contributed by atoms with van der Waals surface area (Å²) >= 11 is 5.29. The number of hydrogen-bond acceptors (Lipinski definition) is 3. The van der Waals surface area contributed by atoms with Gasteiger partial charge in [-0.3, -0.25) is 9.36 Å². The fourth-order valence-electron chi connectivity index (χ4n) is 2.14. The topological polar surface area (TPSA) is 67.6 Å². The third kappa shape index (κ3) is 2.56. The van der Waals surface area contributed by atoms with E-state index >= 15 is 0 Å². The lowest BCUT2D eigenvalue weighted by Crippen LogP contribution is -2.33. The summed E-state index contributed by atoms with van der Waals surface area (Å²) in [7, 11) is 0. The van der Waals surface area contributed by atoms with Crippen LogP contribution in [-0.4, -0.2) is 31.3 Å². The van der Waals surface area contributed by atoms with Crippen molar-refractivity contribution < 1.29 is 4.79 Å². The second-order valence-corrected chi connectivity index (χ2v) is 5.22. The highest BCUT2D eigenvalue weighted by Crippen LogP contribution is 2.17. The number of H-pyrrole nitrogens is 1. The largest absolute Gasteiger partial charge is 0.352 e. The Balaban J connectivity index is 2.45. The van der Waals surface area contributed by atoms with E-state index in [2.05, 4.69) is 15.4 Å². The van der Waals surface area contributed by atoms with Crippen LogP contribution in [0, 0.1) is 11.7 Å². The van der Waals surface area contributed by atoms with Crippen LogP contribution in [0.15, 0.2) is 0 Å². The van der Waals surface area contributed by atoms with Gasteiger partial charge in [0.2, 0.25) is 5.91 Å². The van der Waals surface area contributed by atoms with E-state index in [0.29, 0.717) is 4.77 Å². The Kier molecular flexibility index (Phi) is 3.75. The average Bonchev–Trinajstić information content (AvgIpc) is 2.78. The number of amides is 1. The van der Waals surface area contributed by atoms with Crippen LogP contribution in [-0.2, 0) is 17.9 Å². The number of aromatic nitrogens is 4. The lowest BCUT2D eigenvalue weighted by molar-refractivity contribution is -0.122. The number of carbonyl (C=O) groups is 1. The van der Waals surface area contributed by atoms with Crippen LogP contribution in [0.2, 0.25) is 0 Å². The molecule has 0 aliphatic carbocycles. The molecule has 2 aromatic rings. The zero-order valence-corrected chi connectivity index (χ0v) is 12.5. The number of imidazole rings is 1. The number of hydrogen-bond donors (Lipinski definition) is 2. The number of nitrogens with one attached hydrogen (secondary N) is 2. The fraction of sp³-hybridized carbons (Fsp3) is 0.583. The normalized spacial score (nSPS) is 11.4. The Hall–Kier alpha value is -1.63. The molecule has 0 fully saturated rings. The minimum absolute atomic E-state index is 0.0477. The maximum atomic E-state index is 11.9. The number of carbonyl (C=O) groups excluding carboxylic acids is 1. The van der Waals surface area contributed by atoms with Gasteiger partial charge < -0.3 is 10.3 Å². The van der Waals surface area contributed by atoms with Crippen LogP contribution in [0.4, 0.5) is 0 Å². The Morgan fingerprint density at radius 2 is 2.21 bits per heavy atom. The summed E-state index contributed by atoms with van der Waals surface area (Å²) in [5.74, 6) is -0.0477. The molecule has 2 rings (SSSR count). The van der Waals surface area contributed by atoms with Crippen LogP contribution in [0.25, 0.3) is 11.2 Å². The summed E-state index contributed by atoms with van der Waals surface area (Å²) in [6.45, 7) is 8.76. The van der Waals surface area contributed by atoms with Crippen molar-refractivity contribution in [2.75, 3.05) is 0 Å². The molecule has 2 heterocycles. The van der Waals surface area contributed by atoms with Crippen LogP contribution in [0.5, 0.6) is 0 Å². The van der Waals surface area contributed by atoms with Gasteiger partial charge in [-0.25, -0.2) is 4.68 Å². The maximum absolute atomic E-state index is 11.9. The van der Waals surface area contributed by atoms with E-state index < -0.39 is 0 Å². The second-order valence-electron chi connectivity index (χ2n) is 4.84. The highest BCUT2D eigenvalue weighted by Gasteiger charge is 2.16. The summed E-state index contributed by atoms with van der Waals surface area (Å²) in [6, 6.07) is 0.119. The molecule has 0 saturated heterocycles. The molecule has 2 aromatic heterocycles. The number of nitrogens with zero attached hydrogens (tertiary/aromatic N) is 3. The molecule has 0 aliphatic rings. The van der Waals surface area contributed by atoms with Gasteiger partial charge in [0.15, 0.2) is 10.4 Å². The van der Waals surface area contributed by atoms with E-state index in [-0.39, 0.29) is 18.5 Å². The van der Waals surface area contributed by atoms with Crippen molar-refractivity contribution in [2.24, 2.45) is 0 Å². The van der Waals surface area contributed by atoms with Crippen LogP contribution in [0.3, 0.4) is 0 Å². The monoisotopic (exact) mass is 281 g/mol. The Morgan fingerprint density at radius 3 is 2.79 bits per heavy atom. The number of rotatable bonds is 4. The van der Waals surface area contributed by atoms with Crippen LogP contribution < -0.4 is 5.32 Å². The standard InChI is InChI=1S/C12H19N5OS/c1-5-17-11-10(8(4)15-17)14-12(19)16(11)6-9(18)13-7(2)3/h7H,5-6H2,1-4H3,(H,13,18)(H,14,19). The van der Waals surface area contributed by atoms with Crippen LogP contribution in [0.1, 0.15) is 26.5 Å². The van der Waals surface area contributed by atoms with E-state index in [1.54, 1.807) is 4.57 Å². The third-order valence-electron chi connectivity index (χ3n) is 2.88. The molecule has 104 valence electrons. The number of aromatic amines is 1. The maximum Gasteiger partial charge on any atom is 0.240 e. The van der Waals surface area contributed by atoms with Gasteiger partial charge in [-0.05, 0) is 39.9 Å². The fourth-order valence-corrected chi connectivity index (χ4v) is 2.39. The van der Waals surface area contributed by atoms with Gasteiger partial charge >= 0.3 is 0 Å². The van der Waals surface area contributed by atoms with E-state index in [1.807, 2.05) is 32.4 Å². The van der Waals surface area contributed by atoms with Crippen molar-refractivity contribution in [3.05, 3.63) is 10.5 Å². The lowest BCUT2D eigenvalue weighted by atomic mass is 10.4. The molecular weight excluding hydrogens is 262 g/mol. The molecule has 0 atom stereocenters. The highest BCUT2D eigenvalue weighted by molar-refractivity contribution is 7.71. The smallest absolute Gasteiger partial charge is 0.240 e. The summed E-state index contributed by atoms with van der Waals surface area (Å²) in [5.41, 5.74) is 2.68. The molecule has 0 spiro atoms. The van der Waals surface area contributed by atoms with Gasteiger partial charge in [-0.2, -0.15) is 5.10 Å². The van der Waals surface area contributed by atoms with Crippen molar-refractivity contribution >= 4 is 29.3 Å². The van der Waals surface area contributed by atoms with Gasteiger partial charge in [0.1, 0.15) is 12.1 Å². The molecule has 0 saturated carbocycles. The van der Waals surface area contributed by atoms with E-state index in [9.17, 15) is 4.79 Å². The molecular formula is C12H19N5OS. The Labute approximate surface area is 116 Å². The summed E-state index contributed by atoms with van der Waals surface area (Å²) < 4.78 is 4.21. The first kappa shape index (κ1) is 13.8. The molecule has 2 N–H and O–H groups in total. The molecule has 6 nitrogen and oxygen atoms in total. The van der Waals surface area contributed by atoms with Crippen molar-refractivity contribution in [1.82, 2.24) is 24.6 Å². The molecule has 0 unspecified atom stereocenters. The second kappa shape index (κ2) is 5.16. The first-order valence-corrected chi connectivity index (χ1v) is 6.80. The van der Waals surface area contributed by atoms with E-state index in [1.165, 1.54) is 0 Å². The van der Waals surface area contributed by atoms with E-state index in [4.69, 9.17) is 12.2 Å². The molecule has 0 radical (unpaired) electrons. The summed E-state index contributed by atoms with van der Waals surface area (Å²) in [6.07, 6.45) is 0. The molecule has 0 aromatic carbocycles. The molecule has 1 amide bonds. The summed E-state index contributed by atoms with van der Waals surface area (Å²) in [4.78, 5) is 15.0. The zero-order chi connectivity index (χ0) is 14.2. The Morgan fingerprint density at radius 1 is 1.53 bits per heavy atom. The molecule has 7 heteroatoms. The van der Waals surface area contributed by atoms with Gasteiger partial charge in [0.25, 0.3) is 0 Å². The molecule has 0 bridgehead atoms. The predicted molar refractivity (Wildman–Crippen MR) is 76.6 cm³/mol. The van der Waals surface area contributed by atoms with Crippen molar-refractivity contribution in [1.29, 1.82) is 0 Å². The Bertz CT molecular complexity index is 663.